The quantitative estimate of drug-likeness (QED) is 0.780. The summed E-state index contributed by atoms with van der Waals surface area (Å²) in [6, 6.07) is 1.51. The molecular formula is C7H10Cl2N4O2S. The van der Waals surface area contributed by atoms with E-state index in [0.717, 1.165) is 6.26 Å². The molecule has 1 aromatic rings. The van der Waals surface area contributed by atoms with Crippen molar-refractivity contribution in [3.8, 4) is 0 Å². The summed E-state index contributed by atoms with van der Waals surface area (Å²) in [6.07, 6.45) is 1.09. The molecule has 0 saturated heterocycles. The molecule has 6 nitrogen and oxygen atoms in total. The lowest BCUT2D eigenvalue weighted by atomic mass is 10.4. The minimum atomic E-state index is -3.17. The second-order valence-corrected chi connectivity index (χ2v) is 5.54. The molecule has 1 heterocycles. The molecule has 0 radical (unpaired) electrons. The molecule has 0 aliphatic rings. The zero-order valence-electron chi connectivity index (χ0n) is 8.37. The van der Waals surface area contributed by atoms with Crippen LogP contribution < -0.4 is 10.0 Å². The Morgan fingerprint density at radius 1 is 1.31 bits per heavy atom. The Labute approximate surface area is 103 Å². The van der Waals surface area contributed by atoms with Gasteiger partial charge in [0.2, 0.25) is 10.0 Å². The molecule has 1 aromatic heterocycles. The number of hydrogen-bond acceptors (Lipinski definition) is 5. The van der Waals surface area contributed by atoms with Crippen LogP contribution in [0.1, 0.15) is 0 Å². The van der Waals surface area contributed by atoms with Crippen LogP contribution in [0.15, 0.2) is 6.07 Å². The minimum absolute atomic E-state index is 0.184. The Balaban J connectivity index is 2.46. The van der Waals surface area contributed by atoms with E-state index in [9.17, 15) is 8.42 Å². The zero-order valence-corrected chi connectivity index (χ0v) is 10.7. The normalized spacial score (nSPS) is 11.4. The molecule has 0 aliphatic carbocycles. The van der Waals surface area contributed by atoms with Crippen LogP contribution in [0.25, 0.3) is 0 Å². The summed E-state index contributed by atoms with van der Waals surface area (Å²) >= 11 is 11.4. The molecule has 0 aliphatic heterocycles. The molecule has 90 valence electrons. The van der Waals surface area contributed by atoms with Crippen molar-refractivity contribution in [2.45, 2.75) is 0 Å². The van der Waals surface area contributed by atoms with Gasteiger partial charge >= 0.3 is 0 Å². The second kappa shape index (κ2) is 5.62. The van der Waals surface area contributed by atoms with E-state index < -0.39 is 10.0 Å². The molecule has 2 N–H and O–H groups in total. The largest absolute Gasteiger partial charge is 0.381 e. The van der Waals surface area contributed by atoms with Crippen molar-refractivity contribution in [3.05, 3.63) is 16.4 Å². The van der Waals surface area contributed by atoms with Gasteiger partial charge in [0.15, 0.2) is 10.3 Å². The SMILES string of the molecule is CS(=O)(=O)NCCNc1cc(Cl)nnc1Cl. The average molecular weight is 285 g/mol. The Morgan fingerprint density at radius 3 is 2.62 bits per heavy atom. The molecule has 0 aromatic carbocycles. The third kappa shape index (κ3) is 4.93. The first-order chi connectivity index (χ1) is 7.38. The van der Waals surface area contributed by atoms with Crippen LogP contribution in [-0.4, -0.2) is 38.0 Å². The van der Waals surface area contributed by atoms with E-state index in [0.29, 0.717) is 12.2 Å². The Bertz CT molecular complexity index is 465. The van der Waals surface area contributed by atoms with Crippen molar-refractivity contribution in [1.29, 1.82) is 0 Å². The lowest BCUT2D eigenvalue weighted by Crippen LogP contribution is -2.27. The molecule has 16 heavy (non-hydrogen) atoms. The highest BCUT2D eigenvalue weighted by Crippen LogP contribution is 2.20. The van der Waals surface area contributed by atoms with Crippen molar-refractivity contribution < 1.29 is 8.42 Å². The van der Waals surface area contributed by atoms with Gasteiger partial charge in [0.25, 0.3) is 0 Å². The van der Waals surface area contributed by atoms with Crippen molar-refractivity contribution in [1.82, 2.24) is 14.9 Å². The fourth-order valence-electron chi connectivity index (χ4n) is 0.911. The zero-order chi connectivity index (χ0) is 12.2. The van der Waals surface area contributed by atoms with E-state index in [1.165, 1.54) is 6.07 Å². The summed E-state index contributed by atoms with van der Waals surface area (Å²) in [5.41, 5.74) is 0.511. The first-order valence-electron chi connectivity index (χ1n) is 4.26. The third-order valence-corrected chi connectivity index (χ3v) is 2.72. The number of anilines is 1. The van der Waals surface area contributed by atoms with Gasteiger partial charge in [-0.25, -0.2) is 13.1 Å². The van der Waals surface area contributed by atoms with Gasteiger partial charge in [-0.05, 0) is 0 Å². The highest BCUT2D eigenvalue weighted by atomic mass is 35.5. The minimum Gasteiger partial charge on any atom is -0.381 e. The van der Waals surface area contributed by atoms with Crippen molar-refractivity contribution in [2.75, 3.05) is 24.7 Å². The Morgan fingerprint density at radius 2 is 2.00 bits per heavy atom. The number of halogens is 2. The van der Waals surface area contributed by atoms with Crippen LogP contribution in [0, 0.1) is 0 Å². The number of nitrogens with zero attached hydrogens (tertiary/aromatic N) is 2. The highest BCUT2D eigenvalue weighted by Gasteiger charge is 2.04. The van der Waals surface area contributed by atoms with Crippen molar-refractivity contribution in [3.63, 3.8) is 0 Å². The number of nitrogens with one attached hydrogen (secondary N) is 2. The van der Waals surface area contributed by atoms with Crippen LogP contribution in [0.3, 0.4) is 0 Å². The molecule has 9 heteroatoms. The molecular weight excluding hydrogens is 275 g/mol. The first-order valence-corrected chi connectivity index (χ1v) is 6.90. The summed E-state index contributed by atoms with van der Waals surface area (Å²) in [5, 5.41) is 10.4. The summed E-state index contributed by atoms with van der Waals surface area (Å²) in [4.78, 5) is 0. The standard InChI is InChI=1S/C7H10Cl2N4O2S/c1-16(14,15)11-3-2-10-5-4-6(8)12-13-7(5)9/h4,11H,2-3H2,1H3,(H,10,12). The van der Waals surface area contributed by atoms with Crippen molar-refractivity contribution >= 4 is 38.9 Å². The van der Waals surface area contributed by atoms with Crippen LogP contribution >= 0.6 is 23.2 Å². The molecule has 1 rings (SSSR count). The van der Waals surface area contributed by atoms with Gasteiger partial charge in [-0.3, -0.25) is 0 Å². The first kappa shape index (κ1) is 13.4. The van der Waals surface area contributed by atoms with Crippen LogP contribution in [0.5, 0.6) is 0 Å². The molecule has 0 fully saturated rings. The maximum Gasteiger partial charge on any atom is 0.208 e. The summed E-state index contributed by atoms with van der Waals surface area (Å²) < 4.78 is 23.8. The Hall–Kier alpha value is -0.630. The maximum atomic E-state index is 10.8. The smallest absolute Gasteiger partial charge is 0.208 e. The van der Waals surface area contributed by atoms with E-state index >= 15 is 0 Å². The lowest BCUT2D eigenvalue weighted by molar-refractivity contribution is 0.589. The van der Waals surface area contributed by atoms with Crippen LogP contribution in [-0.2, 0) is 10.0 Å². The fourth-order valence-corrected chi connectivity index (χ4v) is 1.69. The molecule has 0 saturated carbocycles. The molecule has 0 atom stereocenters. The molecule has 0 unspecified atom stereocenters. The predicted octanol–water partition coefficient (Wildman–Crippen LogP) is 0.744. The summed E-state index contributed by atoms with van der Waals surface area (Å²) in [7, 11) is -3.17. The predicted molar refractivity (Wildman–Crippen MR) is 63.4 cm³/mol. The summed E-state index contributed by atoms with van der Waals surface area (Å²) in [6.45, 7) is 0.615. The highest BCUT2D eigenvalue weighted by molar-refractivity contribution is 7.88. The van der Waals surface area contributed by atoms with E-state index in [1.54, 1.807) is 0 Å². The van der Waals surface area contributed by atoms with E-state index in [4.69, 9.17) is 23.2 Å². The number of aromatic nitrogens is 2. The number of hydrogen-bond donors (Lipinski definition) is 2. The van der Waals surface area contributed by atoms with E-state index in [2.05, 4.69) is 20.2 Å². The fraction of sp³-hybridized carbons (Fsp3) is 0.429. The van der Waals surface area contributed by atoms with Crippen LogP contribution in [0.4, 0.5) is 5.69 Å². The van der Waals surface area contributed by atoms with E-state index in [-0.39, 0.29) is 16.9 Å². The molecule has 0 amide bonds. The van der Waals surface area contributed by atoms with Gasteiger partial charge in [0, 0.05) is 19.2 Å². The van der Waals surface area contributed by atoms with Gasteiger partial charge in [0.1, 0.15) is 0 Å². The lowest BCUT2D eigenvalue weighted by Gasteiger charge is -2.07. The second-order valence-electron chi connectivity index (χ2n) is 2.96. The molecule has 0 spiro atoms. The van der Waals surface area contributed by atoms with Gasteiger partial charge in [-0.2, -0.15) is 0 Å². The van der Waals surface area contributed by atoms with E-state index in [1.807, 2.05) is 0 Å². The summed E-state index contributed by atoms with van der Waals surface area (Å²) in [5.74, 6) is 0. The topological polar surface area (TPSA) is 84.0 Å². The van der Waals surface area contributed by atoms with Gasteiger partial charge in [-0.15, -0.1) is 10.2 Å². The van der Waals surface area contributed by atoms with Gasteiger partial charge in [0.05, 0.1) is 11.9 Å². The number of rotatable bonds is 5. The molecule has 0 bridgehead atoms. The third-order valence-electron chi connectivity index (χ3n) is 1.52. The monoisotopic (exact) mass is 284 g/mol. The van der Waals surface area contributed by atoms with Crippen LogP contribution in [0.2, 0.25) is 10.3 Å². The average Bonchev–Trinajstić information content (AvgIpc) is 2.16. The van der Waals surface area contributed by atoms with Crippen molar-refractivity contribution in [2.24, 2.45) is 0 Å². The number of sulfonamides is 1. The maximum absolute atomic E-state index is 10.8. The van der Waals surface area contributed by atoms with Gasteiger partial charge < -0.3 is 5.32 Å². The Kier molecular flexibility index (Phi) is 4.72. The van der Waals surface area contributed by atoms with Gasteiger partial charge in [-0.1, -0.05) is 23.2 Å².